The Morgan fingerprint density at radius 1 is 0.969 bits per heavy atom. The maximum atomic E-state index is 13.8. The summed E-state index contributed by atoms with van der Waals surface area (Å²) in [6.07, 6.45) is 1.81. The monoisotopic (exact) mass is 441 g/mol. The molecule has 1 fully saturated rings. The van der Waals surface area contributed by atoms with Crippen LogP contribution in [0.1, 0.15) is 54.7 Å². The number of ether oxygens (including phenoxy) is 1. The van der Waals surface area contributed by atoms with Gasteiger partial charge in [0.05, 0.1) is 0 Å². The van der Waals surface area contributed by atoms with Crippen molar-refractivity contribution in [1.82, 2.24) is 9.97 Å². The highest BCUT2D eigenvalue weighted by Gasteiger charge is 2.37. The molecule has 0 saturated heterocycles. The third kappa shape index (κ3) is 5.03. The van der Waals surface area contributed by atoms with Gasteiger partial charge in [-0.3, -0.25) is 0 Å². The molecular formula is C25H26F3N3O. The normalized spacial score (nSPS) is 14.9. The summed E-state index contributed by atoms with van der Waals surface area (Å²) in [7, 11) is 1.63. The van der Waals surface area contributed by atoms with Gasteiger partial charge in [-0.05, 0) is 36.0 Å². The Kier molecular flexibility index (Phi) is 6.63. The Labute approximate surface area is 186 Å². The highest BCUT2D eigenvalue weighted by molar-refractivity contribution is 5.66. The Morgan fingerprint density at radius 3 is 2.38 bits per heavy atom. The Morgan fingerprint density at radius 2 is 1.66 bits per heavy atom. The van der Waals surface area contributed by atoms with Crippen LogP contribution in [0.5, 0.6) is 6.01 Å². The van der Waals surface area contributed by atoms with E-state index in [1.807, 2.05) is 54.6 Å². The summed E-state index contributed by atoms with van der Waals surface area (Å²) in [5.41, 5.74) is 1.80. The zero-order chi connectivity index (χ0) is 22.6. The van der Waals surface area contributed by atoms with E-state index < -0.39 is 11.7 Å². The van der Waals surface area contributed by atoms with E-state index in [0.29, 0.717) is 5.92 Å². The molecule has 0 unspecified atom stereocenters. The van der Waals surface area contributed by atoms with Gasteiger partial charge in [-0.15, -0.1) is 0 Å². The van der Waals surface area contributed by atoms with Crippen molar-refractivity contribution in [2.75, 3.05) is 11.9 Å². The Hall–Kier alpha value is -3.09. The number of hydrogen-bond donors (Lipinski definition) is 0. The van der Waals surface area contributed by atoms with E-state index >= 15 is 0 Å². The molecule has 168 valence electrons. The van der Waals surface area contributed by atoms with Crippen LogP contribution in [-0.2, 0) is 12.8 Å². The van der Waals surface area contributed by atoms with Crippen molar-refractivity contribution in [2.45, 2.75) is 50.8 Å². The van der Waals surface area contributed by atoms with Crippen LogP contribution >= 0.6 is 0 Å². The molecule has 1 aliphatic carbocycles. The predicted octanol–water partition coefficient (Wildman–Crippen LogP) is 6.89. The van der Waals surface area contributed by atoms with Gasteiger partial charge in [0.1, 0.15) is 12.2 Å². The summed E-state index contributed by atoms with van der Waals surface area (Å²) in [4.78, 5) is 9.54. The number of nitrogens with zero attached hydrogens (tertiary/aromatic N) is 3. The molecule has 7 heteroatoms. The first-order valence-electron chi connectivity index (χ1n) is 10.9. The standard InChI is InChI=1S/C25H26F3N3O/c1-31(22-15-9-8-14-20(22)19-12-6-3-7-13-19)23-21(25(26,27)28)16-29-24(30-23)32-17-18-10-4-2-5-11-18/h2,4-5,8-11,14-16,19H,3,6-7,12-13,17H2,1H3. The topological polar surface area (TPSA) is 38.2 Å². The summed E-state index contributed by atoms with van der Waals surface area (Å²) < 4.78 is 47.1. The molecule has 0 atom stereocenters. The van der Waals surface area contributed by atoms with Crippen LogP contribution in [0.3, 0.4) is 0 Å². The lowest BCUT2D eigenvalue weighted by atomic mass is 9.83. The van der Waals surface area contributed by atoms with Crippen LogP contribution < -0.4 is 9.64 Å². The van der Waals surface area contributed by atoms with E-state index in [4.69, 9.17) is 4.74 Å². The lowest BCUT2D eigenvalue weighted by Gasteiger charge is -2.29. The molecule has 0 amide bonds. The third-order valence-corrected chi connectivity index (χ3v) is 5.92. The first-order chi connectivity index (χ1) is 15.4. The molecule has 0 bridgehead atoms. The Balaban J connectivity index is 1.68. The second kappa shape index (κ2) is 9.59. The van der Waals surface area contributed by atoms with Gasteiger partial charge in [0.25, 0.3) is 0 Å². The summed E-state index contributed by atoms with van der Waals surface area (Å²) in [6.45, 7) is 0.175. The van der Waals surface area contributed by atoms with E-state index in [1.165, 1.54) is 11.3 Å². The molecule has 0 N–H and O–H groups in total. The Bertz CT molecular complexity index is 1030. The van der Waals surface area contributed by atoms with Crippen LogP contribution in [0.15, 0.2) is 60.8 Å². The number of rotatable bonds is 6. The number of benzene rings is 2. The zero-order valence-corrected chi connectivity index (χ0v) is 18.0. The van der Waals surface area contributed by atoms with E-state index in [2.05, 4.69) is 9.97 Å². The van der Waals surface area contributed by atoms with Gasteiger partial charge in [-0.2, -0.15) is 18.2 Å². The van der Waals surface area contributed by atoms with Crippen molar-refractivity contribution >= 4 is 11.5 Å². The van der Waals surface area contributed by atoms with Crippen LogP contribution in [0.4, 0.5) is 24.7 Å². The summed E-state index contributed by atoms with van der Waals surface area (Å²) in [6, 6.07) is 16.9. The van der Waals surface area contributed by atoms with E-state index in [9.17, 15) is 13.2 Å². The fourth-order valence-corrected chi connectivity index (χ4v) is 4.27. The molecule has 4 nitrogen and oxygen atoms in total. The van der Waals surface area contributed by atoms with Gasteiger partial charge < -0.3 is 9.64 Å². The second-order valence-corrected chi connectivity index (χ2v) is 8.11. The molecule has 1 aliphatic rings. The average molecular weight is 441 g/mol. The van der Waals surface area contributed by atoms with Crippen LogP contribution in [0.25, 0.3) is 0 Å². The minimum absolute atomic E-state index is 0.0844. The molecular weight excluding hydrogens is 415 g/mol. The van der Waals surface area contributed by atoms with Gasteiger partial charge in [0.15, 0.2) is 5.82 Å². The van der Waals surface area contributed by atoms with Gasteiger partial charge in [0.2, 0.25) is 0 Å². The number of para-hydroxylation sites is 1. The smallest absolute Gasteiger partial charge is 0.421 e. The predicted molar refractivity (Wildman–Crippen MR) is 118 cm³/mol. The molecule has 2 aromatic carbocycles. The molecule has 4 rings (SSSR count). The fraction of sp³-hybridized carbons (Fsp3) is 0.360. The van der Waals surface area contributed by atoms with Gasteiger partial charge in [-0.25, -0.2) is 4.98 Å². The first-order valence-corrected chi connectivity index (χ1v) is 10.9. The van der Waals surface area contributed by atoms with Crippen molar-refractivity contribution in [3.05, 3.63) is 77.5 Å². The maximum absolute atomic E-state index is 13.8. The van der Waals surface area contributed by atoms with Crippen molar-refractivity contribution in [1.29, 1.82) is 0 Å². The maximum Gasteiger partial charge on any atom is 0.421 e. The van der Waals surface area contributed by atoms with E-state index in [0.717, 1.165) is 48.7 Å². The van der Waals surface area contributed by atoms with Crippen molar-refractivity contribution in [3.63, 3.8) is 0 Å². The number of alkyl halides is 3. The summed E-state index contributed by atoms with van der Waals surface area (Å²) in [5, 5.41) is 0. The summed E-state index contributed by atoms with van der Waals surface area (Å²) >= 11 is 0. The molecule has 0 spiro atoms. The van der Waals surface area contributed by atoms with Crippen molar-refractivity contribution < 1.29 is 17.9 Å². The lowest BCUT2D eigenvalue weighted by Crippen LogP contribution is -2.21. The molecule has 1 heterocycles. The minimum atomic E-state index is -4.58. The van der Waals surface area contributed by atoms with Gasteiger partial charge in [0, 0.05) is 18.9 Å². The average Bonchev–Trinajstić information content (AvgIpc) is 2.83. The quantitative estimate of drug-likeness (QED) is 0.417. The third-order valence-electron chi connectivity index (χ3n) is 5.92. The molecule has 1 aromatic heterocycles. The largest absolute Gasteiger partial charge is 0.459 e. The van der Waals surface area contributed by atoms with E-state index in [1.54, 1.807) is 7.05 Å². The van der Waals surface area contributed by atoms with Gasteiger partial charge in [-0.1, -0.05) is 67.8 Å². The molecule has 3 aromatic rings. The van der Waals surface area contributed by atoms with Crippen molar-refractivity contribution in [2.24, 2.45) is 0 Å². The SMILES string of the molecule is CN(c1ccccc1C1CCCCC1)c1nc(OCc2ccccc2)ncc1C(F)(F)F. The lowest BCUT2D eigenvalue weighted by molar-refractivity contribution is -0.137. The van der Waals surface area contributed by atoms with Crippen LogP contribution in [-0.4, -0.2) is 17.0 Å². The number of anilines is 2. The second-order valence-electron chi connectivity index (χ2n) is 8.11. The van der Waals surface area contributed by atoms with Gasteiger partial charge >= 0.3 is 12.2 Å². The minimum Gasteiger partial charge on any atom is -0.459 e. The highest BCUT2D eigenvalue weighted by Crippen LogP contribution is 2.42. The fourth-order valence-electron chi connectivity index (χ4n) is 4.27. The number of hydrogen-bond acceptors (Lipinski definition) is 4. The number of aromatic nitrogens is 2. The van der Waals surface area contributed by atoms with Crippen molar-refractivity contribution in [3.8, 4) is 6.01 Å². The molecule has 0 radical (unpaired) electrons. The first kappa shape index (κ1) is 22.1. The van der Waals surface area contributed by atoms with Crippen LogP contribution in [0, 0.1) is 0 Å². The van der Waals surface area contributed by atoms with E-state index in [-0.39, 0.29) is 18.4 Å². The van der Waals surface area contributed by atoms with Crippen LogP contribution in [0.2, 0.25) is 0 Å². The molecule has 0 aliphatic heterocycles. The molecule has 1 saturated carbocycles. The zero-order valence-electron chi connectivity index (χ0n) is 18.0. The highest BCUT2D eigenvalue weighted by atomic mass is 19.4. The molecule has 32 heavy (non-hydrogen) atoms. The summed E-state index contributed by atoms with van der Waals surface area (Å²) in [5.74, 6) is 0.131. The number of halogens is 3.